The zero-order valence-corrected chi connectivity index (χ0v) is 16.6. The molecule has 2 N–H and O–H groups in total. The van der Waals surface area contributed by atoms with Crippen molar-refractivity contribution in [1.29, 1.82) is 0 Å². The maximum Gasteiger partial charge on any atom is 0.226 e. The lowest BCUT2D eigenvalue weighted by Gasteiger charge is -2.39. The highest BCUT2D eigenvalue weighted by molar-refractivity contribution is 5.81. The Morgan fingerprint density at radius 2 is 1.79 bits per heavy atom. The molecule has 148 valence electrons. The second-order valence-electron chi connectivity index (χ2n) is 7.77. The van der Waals surface area contributed by atoms with Crippen molar-refractivity contribution >= 4 is 5.91 Å². The quantitative estimate of drug-likeness (QED) is 0.884. The van der Waals surface area contributed by atoms with Crippen LogP contribution in [0.1, 0.15) is 42.0 Å². The molecule has 2 aromatic rings. The van der Waals surface area contributed by atoms with Crippen molar-refractivity contribution in [3.05, 3.63) is 59.2 Å². The van der Waals surface area contributed by atoms with Crippen LogP contribution in [0.3, 0.4) is 0 Å². The molecule has 3 atom stereocenters. The average molecular weight is 380 g/mol. The first-order valence-corrected chi connectivity index (χ1v) is 9.98. The number of rotatable bonds is 4. The molecule has 5 nitrogen and oxygen atoms in total. The highest BCUT2D eigenvalue weighted by Crippen LogP contribution is 2.42. The maximum atomic E-state index is 13.4. The Bertz CT molecular complexity index is 852. The SMILES string of the molecule is COc1cc2c(cc1OC)C(c1ccccc1)N(C(=O)C1CCC(N)C1)CC2. The van der Waals surface area contributed by atoms with E-state index in [1.807, 2.05) is 29.2 Å². The van der Waals surface area contributed by atoms with Gasteiger partial charge < -0.3 is 20.1 Å². The largest absolute Gasteiger partial charge is 0.493 e. The molecule has 0 radical (unpaired) electrons. The number of carbonyl (C=O) groups excluding carboxylic acids is 1. The standard InChI is InChI=1S/C23H28N2O3/c1-27-20-13-16-10-11-25(23(26)17-8-9-18(24)12-17)22(15-6-4-3-5-7-15)19(16)14-21(20)28-2/h3-7,13-14,17-18,22H,8-12,24H2,1-2H3. The summed E-state index contributed by atoms with van der Waals surface area (Å²) in [4.78, 5) is 15.5. The van der Waals surface area contributed by atoms with Gasteiger partial charge in [0.1, 0.15) is 0 Å². The lowest BCUT2D eigenvalue weighted by Crippen LogP contribution is -2.43. The number of fused-ring (bicyclic) bond motifs is 1. The van der Waals surface area contributed by atoms with Gasteiger partial charge in [-0.05, 0) is 54.5 Å². The van der Waals surface area contributed by atoms with Crippen LogP contribution in [0, 0.1) is 5.92 Å². The molecule has 28 heavy (non-hydrogen) atoms. The maximum absolute atomic E-state index is 13.4. The molecule has 3 unspecified atom stereocenters. The molecule has 1 aliphatic carbocycles. The van der Waals surface area contributed by atoms with Gasteiger partial charge >= 0.3 is 0 Å². The fourth-order valence-corrected chi connectivity index (χ4v) is 4.65. The van der Waals surface area contributed by atoms with Crippen molar-refractivity contribution in [3.63, 3.8) is 0 Å². The van der Waals surface area contributed by atoms with Gasteiger partial charge in [0.05, 0.1) is 20.3 Å². The number of nitrogens with zero attached hydrogens (tertiary/aromatic N) is 1. The van der Waals surface area contributed by atoms with E-state index in [1.165, 1.54) is 5.56 Å². The monoisotopic (exact) mass is 380 g/mol. The average Bonchev–Trinajstić information content (AvgIpc) is 3.18. The van der Waals surface area contributed by atoms with Crippen molar-refractivity contribution < 1.29 is 14.3 Å². The van der Waals surface area contributed by atoms with Crippen LogP contribution in [0.25, 0.3) is 0 Å². The summed E-state index contributed by atoms with van der Waals surface area (Å²) >= 11 is 0. The molecule has 1 aliphatic heterocycles. The van der Waals surface area contributed by atoms with Crippen LogP contribution in [-0.4, -0.2) is 37.6 Å². The third-order valence-corrected chi connectivity index (χ3v) is 6.09. The highest BCUT2D eigenvalue weighted by Gasteiger charge is 2.38. The summed E-state index contributed by atoms with van der Waals surface area (Å²) in [5.41, 5.74) is 9.52. The fraction of sp³-hybridized carbons (Fsp3) is 0.435. The Morgan fingerprint density at radius 1 is 1.07 bits per heavy atom. The second kappa shape index (κ2) is 7.84. The molecule has 0 aromatic heterocycles. The van der Waals surface area contributed by atoms with E-state index < -0.39 is 0 Å². The Labute approximate surface area is 166 Å². The molecule has 0 spiro atoms. The van der Waals surface area contributed by atoms with Gasteiger partial charge in [-0.1, -0.05) is 30.3 Å². The Hall–Kier alpha value is -2.53. The normalized spacial score (nSPS) is 24.0. The number of methoxy groups -OCH3 is 2. The first-order chi connectivity index (χ1) is 13.6. The van der Waals surface area contributed by atoms with Crippen LogP contribution >= 0.6 is 0 Å². The van der Waals surface area contributed by atoms with E-state index in [0.29, 0.717) is 12.3 Å². The van der Waals surface area contributed by atoms with Crippen LogP contribution in [0.5, 0.6) is 11.5 Å². The number of hydrogen-bond donors (Lipinski definition) is 1. The third-order valence-electron chi connectivity index (χ3n) is 6.09. The first kappa shape index (κ1) is 18.8. The zero-order chi connectivity index (χ0) is 19.7. The molecule has 1 fully saturated rings. The van der Waals surface area contributed by atoms with E-state index in [-0.39, 0.29) is 23.9 Å². The van der Waals surface area contributed by atoms with E-state index >= 15 is 0 Å². The molecule has 0 saturated heterocycles. The van der Waals surface area contributed by atoms with Gasteiger partial charge in [0.2, 0.25) is 5.91 Å². The Kier molecular flexibility index (Phi) is 5.27. The van der Waals surface area contributed by atoms with Gasteiger partial charge in [-0.25, -0.2) is 0 Å². The molecular weight excluding hydrogens is 352 g/mol. The molecule has 0 bridgehead atoms. The van der Waals surface area contributed by atoms with Gasteiger partial charge in [0.15, 0.2) is 11.5 Å². The first-order valence-electron chi connectivity index (χ1n) is 9.98. The van der Waals surface area contributed by atoms with Crippen molar-refractivity contribution in [3.8, 4) is 11.5 Å². The lowest BCUT2D eigenvalue weighted by molar-refractivity contribution is -0.137. The second-order valence-corrected chi connectivity index (χ2v) is 7.77. The highest BCUT2D eigenvalue weighted by atomic mass is 16.5. The Balaban J connectivity index is 1.78. The summed E-state index contributed by atoms with van der Waals surface area (Å²) in [5.74, 6) is 1.68. The van der Waals surface area contributed by atoms with Crippen LogP contribution in [0.15, 0.2) is 42.5 Å². The minimum atomic E-state index is -0.117. The number of benzene rings is 2. The molecule has 2 aromatic carbocycles. The van der Waals surface area contributed by atoms with Crippen LogP contribution < -0.4 is 15.2 Å². The molecule has 4 rings (SSSR count). The number of amides is 1. The van der Waals surface area contributed by atoms with Gasteiger partial charge in [0.25, 0.3) is 0 Å². The predicted octanol–water partition coefficient (Wildman–Crippen LogP) is 3.31. The molecule has 2 aliphatic rings. The summed E-state index contributed by atoms with van der Waals surface area (Å²) in [6.07, 6.45) is 3.41. The minimum absolute atomic E-state index is 0.0305. The third kappa shape index (κ3) is 3.35. The predicted molar refractivity (Wildman–Crippen MR) is 109 cm³/mol. The summed E-state index contributed by atoms with van der Waals surface area (Å²) in [6.45, 7) is 0.701. The van der Waals surface area contributed by atoms with Crippen LogP contribution in [0.4, 0.5) is 0 Å². The number of nitrogens with two attached hydrogens (primary N) is 1. The van der Waals surface area contributed by atoms with E-state index in [0.717, 1.165) is 42.6 Å². The van der Waals surface area contributed by atoms with E-state index in [2.05, 4.69) is 18.2 Å². The molecule has 1 heterocycles. The summed E-state index contributed by atoms with van der Waals surface area (Å²) in [6, 6.07) is 14.4. The fourth-order valence-electron chi connectivity index (χ4n) is 4.65. The van der Waals surface area contributed by atoms with E-state index in [1.54, 1.807) is 14.2 Å². The van der Waals surface area contributed by atoms with Crippen molar-refractivity contribution in [2.45, 2.75) is 37.8 Å². The van der Waals surface area contributed by atoms with Gasteiger partial charge in [-0.15, -0.1) is 0 Å². The summed E-state index contributed by atoms with van der Waals surface area (Å²) < 4.78 is 11.0. The van der Waals surface area contributed by atoms with Crippen LogP contribution in [0.2, 0.25) is 0 Å². The molecule has 1 amide bonds. The summed E-state index contributed by atoms with van der Waals surface area (Å²) in [5, 5.41) is 0. The van der Waals surface area contributed by atoms with Gasteiger partial charge in [0, 0.05) is 18.5 Å². The van der Waals surface area contributed by atoms with Gasteiger partial charge in [-0.3, -0.25) is 4.79 Å². The van der Waals surface area contributed by atoms with Crippen molar-refractivity contribution in [2.75, 3.05) is 20.8 Å². The van der Waals surface area contributed by atoms with Crippen molar-refractivity contribution in [2.24, 2.45) is 11.7 Å². The molecular formula is C23H28N2O3. The Morgan fingerprint density at radius 3 is 2.43 bits per heavy atom. The molecule has 5 heteroatoms. The lowest BCUT2D eigenvalue weighted by atomic mass is 9.86. The number of hydrogen-bond acceptors (Lipinski definition) is 4. The smallest absolute Gasteiger partial charge is 0.226 e. The molecule has 1 saturated carbocycles. The van der Waals surface area contributed by atoms with Crippen LogP contribution in [-0.2, 0) is 11.2 Å². The van der Waals surface area contributed by atoms with E-state index in [4.69, 9.17) is 15.2 Å². The number of carbonyl (C=O) groups is 1. The number of ether oxygens (including phenoxy) is 2. The van der Waals surface area contributed by atoms with Crippen molar-refractivity contribution in [1.82, 2.24) is 4.90 Å². The summed E-state index contributed by atoms with van der Waals surface area (Å²) in [7, 11) is 3.30. The van der Waals surface area contributed by atoms with E-state index in [9.17, 15) is 4.79 Å². The zero-order valence-electron chi connectivity index (χ0n) is 16.6. The minimum Gasteiger partial charge on any atom is -0.493 e. The van der Waals surface area contributed by atoms with Gasteiger partial charge in [-0.2, -0.15) is 0 Å². The topological polar surface area (TPSA) is 64.8 Å².